The van der Waals surface area contributed by atoms with Crippen LogP contribution < -0.4 is 0 Å². The highest BCUT2D eigenvalue weighted by atomic mass is 16.1. The SMILES string of the molecule is CC1CC(=O)C1.CC1CCC1=O. The summed E-state index contributed by atoms with van der Waals surface area (Å²) in [5, 5.41) is 0. The molecule has 68 valence electrons. The molecule has 2 fully saturated rings. The van der Waals surface area contributed by atoms with E-state index in [1.54, 1.807) is 0 Å². The second kappa shape index (κ2) is 3.83. The molecule has 0 aromatic rings. The maximum Gasteiger partial charge on any atom is 0.135 e. The van der Waals surface area contributed by atoms with Gasteiger partial charge < -0.3 is 0 Å². The lowest BCUT2D eigenvalue weighted by atomic mass is 9.86. The number of hydrogen-bond acceptors (Lipinski definition) is 2. The quantitative estimate of drug-likeness (QED) is 0.554. The van der Waals surface area contributed by atoms with E-state index in [0.717, 1.165) is 25.7 Å². The Morgan fingerprint density at radius 2 is 1.67 bits per heavy atom. The summed E-state index contributed by atoms with van der Waals surface area (Å²) in [7, 11) is 0. The van der Waals surface area contributed by atoms with Gasteiger partial charge in [-0.05, 0) is 12.3 Å². The lowest BCUT2D eigenvalue weighted by Crippen LogP contribution is -2.21. The number of hydrogen-bond donors (Lipinski definition) is 0. The van der Waals surface area contributed by atoms with Gasteiger partial charge in [-0.1, -0.05) is 13.8 Å². The molecule has 1 atom stereocenters. The van der Waals surface area contributed by atoms with Gasteiger partial charge in [0.1, 0.15) is 11.6 Å². The molecule has 0 aliphatic heterocycles. The van der Waals surface area contributed by atoms with Crippen molar-refractivity contribution in [1.82, 2.24) is 0 Å². The summed E-state index contributed by atoms with van der Waals surface area (Å²) < 4.78 is 0. The smallest absolute Gasteiger partial charge is 0.135 e. The normalized spacial score (nSPS) is 28.3. The third-order valence-electron chi connectivity index (χ3n) is 2.53. The average molecular weight is 168 g/mol. The largest absolute Gasteiger partial charge is 0.300 e. The average Bonchev–Trinajstić information content (AvgIpc) is 2.00. The molecule has 0 N–H and O–H groups in total. The van der Waals surface area contributed by atoms with Crippen LogP contribution in [0.3, 0.4) is 0 Å². The number of carbonyl (C=O) groups is 2. The molecule has 0 amide bonds. The van der Waals surface area contributed by atoms with E-state index in [2.05, 4.69) is 6.92 Å². The first-order valence-electron chi connectivity index (χ1n) is 4.64. The van der Waals surface area contributed by atoms with E-state index in [9.17, 15) is 9.59 Å². The zero-order chi connectivity index (χ0) is 9.14. The van der Waals surface area contributed by atoms with E-state index >= 15 is 0 Å². The van der Waals surface area contributed by atoms with Gasteiger partial charge in [0, 0.05) is 25.2 Å². The molecule has 0 bridgehead atoms. The van der Waals surface area contributed by atoms with Gasteiger partial charge in [0.05, 0.1) is 0 Å². The first-order chi connectivity index (χ1) is 5.59. The molecule has 0 radical (unpaired) electrons. The van der Waals surface area contributed by atoms with E-state index in [1.807, 2.05) is 6.92 Å². The Balaban J connectivity index is 0.000000120. The standard InChI is InChI=1S/2C5H8O/c1-4-2-5(6)3-4;1-4-2-3-5(4)6/h2*4H,2-3H2,1H3. The minimum atomic E-state index is 0.394. The summed E-state index contributed by atoms with van der Waals surface area (Å²) in [4.78, 5) is 20.3. The maximum atomic E-state index is 10.2. The van der Waals surface area contributed by atoms with E-state index in [1.165, 1.54) is 0 Å². The molecule has 2 nitrogen and oxygen atoms in total. The zero-order valence-corrected chi connectivity index (χ0v) is 7.80. The fourth-order valence-electron chi connectivity index (χ4n) is 1.27. The zero-order valence-electron chi connectivity index (χ0n) is 7.80. The van der Waals surface area contributed by atoms with Gasteiger partial charge in [0.2, 0.25) is 0 Å². The summed E-state index contributed by atoms with van der Waals surface area (Å²) in [5.41, 5.74) is 0. The lowest BCUT2D eigenvalue weighted by Gasteiger charge is -2.17. The Hall–Kier alpha value is -0.660. The molecule has 0 saturated heterocycles. The highest BCUT2D eigenvalue weighted by Crippen LogP contribution is 2.20. The molecule has 2 aliphatic carbocycles. The Labute approximate surface area is 73.3 Å². The van der Waals surface area contributed by atoms with Crippen LogP contribution in [0.1, 0.15) is 39.5 Å². The van der Waals surface area contributed by atoms with Gasteiger partial charge in [-0.25, -0.2) is 0 Å². The third-order valence-corrected chi connectivity index (χ3v) is 2.53. The maximum absolute atomic E-state index is 10.2. The van der Waals surface area contributed by atoms with Gasteiger partial charge in [0.25, 0.3) is 0 Å². The first kappa shape index (κ1) is 9.43. The first-order valence-corrected chi connectivity index (χ1v) is 4.64. The van der Waals surface area contributed by atoms with E-state index in [-0.39, 0.29) is 0 Å². The van der Waals surface area contributed by atoms with Crippen molar-refractivity contribution < 1.29 is 9.59 Å². The number of ketones is 2. The molecular weight excluding hydrogens is 152 g/mol. The van der Waals surface area contributed by atoms with Gasteiger partial charge in [0.15, 0.2) is 0 Å². The Morgan fingerprint density at radius 1 is 1.17 bits per heavy atom. The molecule has 2 heteroatoms. The molecule has 0 spiro atoms. The lowest BCUT2D eigenvalue weighted by molar-refractivity contribution is -0.128. The van der Waals surface area contributed by atoms with Crippen molar-refractivity contribution in [2.45, 2.75) is 39.5 Å². The monoisotopic (exact) mass is 168 g/mol. The second-order valence-electron chi connectivity index (χ2n) is 3.96. The van der Waals surface area contributed by atoms with Gasteiger partial charge in [-0.2, -0.15) is 0 Å². The molecular formula is C10H16O2. The fourth-order valence-corrected chi connectivity index (χ4v) is 1.27. The van der Waals surface area contributed by atoms with Crippen LogP contribution >= 0.6 is 0 Å². The number of carbonyl (C=O) groups excluding carboxylic acids is 2. The van der Waals surface area contributed by atoms with Crippen LogP contribution in [0.5, 0.6) is 0 Å². The Bertz CT molecular complexity index is 188. The Morgan fingerprint density at radius 3 is 1.67 bits per heavy atom. The van der Waals surface area contributed by atoms with Crippen LogP contribution in [0, 0.1) is 11.8 Å². The molecule has 0 aromatic carbocycles. The molecule has 2 rings (SSSR count). The summed E-state index contributed by atoms with van der Waals surface area (Å²) in [6, 6.07) is 0. The fraction of sp³-hybridized carbons (Fsp3) is 0.800. The van der Waals surface area contributed by atoms with Crippen molar-refractivity contribution >= 4 is 11.6 Å². The molecule has 1 unspecified atom stereocenters. The highest BCUT2D eigenvalue weighted by Gasteiger charge is 2.22. The summed E-state index contributed by atoms with van der Waals surface area (Å²) in [6.45, 7) is 4.08. The minimum Gasteiger partial charge on any atom is -0.300 e. The van der Waals surface area contributed by atoms with Gasteiger partial charge in [-0.3, -0.25) is 9.59 Å². The summed E-state index contributed by atoms with van der Waals surface area (Å²) in [6.07, 6.45) is 3.62. The summed E-state index contributed by atoms with van der Waals surface area (Å²) >= 11 is 0. The van der Waals surface area contributed by atoms with E-state index < -0.39 is 0 Å². The van der Waals surface area contributed by atoms with Crippen molar-refractivity contribution in [2.75, 3.05) is 0 Å². The molecule has 12 heavy (non-hydrogen) atoms. The molecule has 2 saturated carbocycles. The van der Waals surface area contributed by atoms with Crippen molar-refractivity contribution in [3.05, 3.63) is 0 Å². The Kier molecular flexibility index (Phi) is 3.01. The van der Waals surface area contributed by atoms with Crippen molar-refractivity contribution in [1.29, 1.82) is 0 Å². The van der Waals surface area contributed by atoms with Crippen LogP contribution in [0.2, 0.25) is 0 Å². The van der Waals surface area contributed by atoms with Crippen LogP contribution in [0.25, 0.3) is 0 Å². The molecule has 0 heterocycles. The van der Waals surface area contributed by atoms with Crippen LogP contribution in [0.15, 0.2) is 0 Å². The highest BCUT2D eigenvalue weighted by molar-refractivity contribution is 5.85. The minimum absolute atomic E-state index is 0.394. The predicted molar refractivity (Wildman–Crippen MR) is 46.8 cm³/mol. The molecule has 0 aromatic heterocycles. The van der Waals surface area contributed by atoms with Crippen LogP contribution in [-0.2, 0) is 9.59 Å². The second-order valence-corrected chi connectivity index (χ2v) is 3.96. The van der Waals surface area contributed by atoms with Crippen molar-refractivity contribution in [3.8, 4) is 0 Å². The van der Waals surface area contributed by atoms with Crippen LogP contribution in [-0.4, -0.2) is 11.6 Å². The topological polar surface area (TPSA) is 34.1 Å². The predicted octanol–water partition coefficient (Wildman–Crippen LogP) is 1.97. The summed E-state index contributed by atoms with van der Waals surface area (Å²) in [5.74, 6) is 1.96. The van der Waals surface area contributed by atoms with Crippen molar-refractivity contribution in [2.24, 2.45) is 11.8 Å². The van der Waals surface area contributed by atoms with Crippen LogP contribution in [0.4, 0.5) is 0 Å². The molecule has 2 aliphatic rings. The van der Waals surface area contributed by atoms with Crippen molar-refractivity contribution in [3.63, 3.8) is 0 Å². The number of Topliss-reactive ketones (excluding diaryl/α,β-unsaturated/α-hetero) is 2. The van der Waals surface area contributed by atoms with Gasteiger partial charge in [-0.15, -0.1) is 0 Å². The van der Waals surface area contributed by atoms with E-state index in [0.29, 0.717) is 23.4 Å². The van der Waals surface area contributed by atoms with Gasteiger partial charge >= 0.3 is 0 Å². The number of rotatable bonds is 0. The third kappa shape index (κ3) is 2.43. The van der Waals surface area contributed by atoms with E-state index in [4.69, 9.17) is 0 Å².